The largest absolute Gasteiger partial charge is 0.497 e. The molecule has 0 radical (unpaired) electrons. The Hall–Kier alpha value is -2.31. The van der Waals surface area contributed by atoms with E-state index in [0.29, 0.717) is 5.75 Å². The average molecular weight is 273 g/mol. The van der Waals surface area contributed by atoms with Crippen LogP contribution in [-0.2, 0) is 0 Å². The quantitative estimate of drug-likeness (QED) is 0.634. The molecule has 0 fully saturated rings. The van der Waals surface area contributed by atoms with Gasteiger partial charge < -0.3 is 9.47 Å². The topological polar surface area (TPSA) is 31.4 Å². The fourth-order valence-corrected chi connectivity index (χ4v) is 1.32. The monoisotopic (exact) mass is 273 g/mol. The molecule has 1 heterocycles. The van der Waals surface area contributed by atoms with Crippen molar-refractivity contribution in [2.24, 2.45) is 0 Å². The van der Waals surface area contributed by atoms with Gasteiger partial charge in [-0.15, -0.1) is 0 Å². The molecule has 0 unspecified atom stereocenters. The van der Waals surface area contributed by atoms with Crippen molar-refractivity contribution in [3.63, 3.8) is 0 Å². The van der Waals surface area contributed by atoms with Crippen LogP contribution in [0.2, 0.25) is 0 Å². The summed E-state index contributed by atoms with van der Waals surface area (Å²) in [4.78, 5) is 2.42. The molecule has 100 valence electrons. The second-order valence-electron chi connectivity index (χ2n) is 3.43. The molecule has 2 rings (SSSR count). The molecule has 3 nitrogen and oxygen atoms in total. The highest BCUT2D eigenvalue weighted by atomic mass is 19.2. The molecule has 1 aromatic carbocycles. The fraction of sp³-hybridized carbons (Fsp3) is 0.0833. The maximum absolute atomic E-state index is 13.3. The molecule has 0 bridgehead atoms. The number of halogens is 4. The van der Waals surface area contributed by atoms with E-state index in [2.05, 4.69) is 4.98 Å². The van der Waals surface area contributed by atoms with Crippen molar-refractivity contribution < 1.29 is 27.0 Å². The van der Waals surface area contributed by atoms with Gasteiger partial charge in [0.2, 0.25) is 17.4 Å². The molecule has 0 N–H and O–H groups in total. The third kappa shape index (κ3) is 2.59. The molecule has 19 heavy (non-hydrogen) atoms. The smallest absolute Gasteiger partial charge is 0.255 e. The van der Waals surface area contributed by atoms with Gasteiger partial charge in [0.1, 0.15) is 11.5 Å². The SMILES string of the molecule is COc1ccc(Oc2c(F)c(F)nc(F)c2F)cc1. The van der Waals surface area contributed by atoms with E-state index >= 15 is 0 Å². The summed E-state index contributed by atoms with van der Waals surface area (Å²) >= 11 is 0. The van der Waals surface area contributed by atoms with E-state index in [1.807, 2.05) is 0 Å². The summed E-state index contributed by atoms with van der Waals surface area (Å²) in [6.45, 7) is 0. The summed E-state index contributed by atoms with van der Waals surface area (Å²) in [5, 5.41) is 0. The number of hydrogen-bond acceptors (Lipinski definition) is 3. The van der Waals surface area contributed by atoms with Crippen molar-refractivity contribution >= 4 is 0 Å². The Morgan fingerprint density at radius 2 is 1.32 bits per heavy atom. The second kappa shape index (κ2) is 5.13. The zero-order valence-electron chi connectivity index (χ0n) is 9.58. The van der Waals surface area contributed by atoms with Crippen LogP contribution in [0.5, 0.6) is 17.2 Å². The summed E-state index contributed by atoms with van der Waals surface area (Å²) in [7, 11) is 1.43. The first kappa shape index (κ1) is 13.1. The van der Waals surface area contributed by atoms with Crippen LogP contribution in [-0.4, -0.2) is 12.1 Å². The zero-order chi connectivity index (χ0) is 14.0. The van der Waals surface area contributed by atoms with Crippen LogP contribution < -0.4 is 9.47 Å². The van der Waals surface area contributed by atoms with Crippen molar-refractivity contribution in [3.05, 3.63) is 47.8 Å². The Morgan fingerprint density at radius 3 is 1.79 bits per heavy atom. The molecular weight excluding hydrogens is 266 g/mol. The minimum atomic E-state index is -1.78. The van der Waals surface area contributed by atoms with Gasteiger partial charge in [-0.25, -0.2) is 0 Å². The molecule has 0 saturated carbocycles. The van der Waals surface area contributed by atoms with Gasteiger partial charge in [-0.3, -0.25) is 0 Å². The minimum absolute atomic E-state index is 0.0106. The first-order valence-electron chi connectivity index (χ1n) is 5.05. The second-order valence-corrected chi connectivity index (χ2v) is 3.43. The highest BCUT2D eigenvalue weighted by molar-refractivity contribution is 5.36. The molecule has 1 aromatic heterocycles. The van der Waals surface area contributed by atoms with Gasteiger partial charge in [0, 0.05) is 0 Å². The van der Waals surface area contributed by atoms with E-state index in [9.17, 15) is 17.6 Å². The van der Waals surface area contributed by atoms with Crippen molar-refractivity contribution in [1.82, 2.24) is 4.98 Å². The standard InChI is InChI=1S/C12H7F4NO2/c1-18-6-2-4-7(5-3-6)19-10-8(13)11(15)17-12(16)9(10)14/h2-5H,1H3. The van der Waals surface area contributed by atoms with E-state index in [1.54, 1.807) is 0 Å². The highest BCUT2D eigenvalue weighted by Gasteiger charge is 2.22. The Morgan fingerprint density at radius 1 is 0.842 bits per heavy atom. The molecule has 0 aliphatic carbocycles. The summed E-state index contributed by atoms with van der Waals surface area (Å²) in [5.74, 6) is -7.66. The maximum Gasteiger partial charge on any atom is 0.255 e. The van der Waals surface area contributed by atoms with Crippen LogP contribution in [0.25, 0.3) is 0 Å². The van der Waals surface area contributed by atoms with Crippen molar-refractivity contribution in [2.75, 3.05) is 7.11 Å². The lowest BCUT2D eigenvalue weighted by Gasteiger charge is -2.08. The van der Waals surface area contributed by atoms with Crippen LogP contribution in [0.4, 0.5) is 17.6 Å². The number of methoxy groups -OCH3 is 1. The van der Waals surface area contributed by atoms with Crippen LogP contribution in [0.15, 0.2) is 24.3 Å². The average Bonchev–Trinajstić information content (AvgIpc) is 2.42. The van der Waals surface area contributed by atoms with Gasteiger partial charge in [0.25, 0.3) is 11.9 Å². The minimum Gasteiger partial charge on any atom is -0.497 e. The van der Waals surface area contributed by atoms with Gasteiger partial charge in [-0.2, -0.15) is 22.5 Å². The molecular formula is C12H7F4NO2. The Labute approximate surface area is 105 Å². The lowest BCUT2D eigenvalue weighted by atomic mass is 10.3. The number of aromatic nitrogens is 1. The predicted octanol–water partition coefficient (Wildman–Crippen LogP) is 3.44. The zero-order valence-corrected chi connectivity index (χ0v) is 9.58. The van der Waals surface area contributed by atoms with Crippen molar-refractivity contribution in [3.8, 4) is 17.2 Å². The highest BCUT2D eigenvalue weighted by Crippen LogP contribution is 2.30. The Bertz CT molecular complexity index is 575. The fourth-order valence-electron chi connectivity index (χ4n) is 1.32. The molecule has 0 aliphatic heterocycles. The number of benzene rings is 1. The lowest BCUT2D eigenvalue weighted by molar-refractivity contribution is 0.342. The number of hydrogen-bond donors (Lipinski definition) is 0. The Balaban J connectivity index is 2.37. The van der Waals surface area contributed by atoms with E-state index < -0.39 is 29.3 Å². The number of rotatable bonds is 3. The first-order valence-corrected chi connectivity index (χ1v) is 5.05. The van der Waals surface area contributed by atoms with Crippen LogP contribution in [0, 0.1) is 23.5 Å². The summed E-state index contributed by atoms with van der Waals surface area (Å²) < 4.78 is 61.9. The Kier molecular flexibility index (Phi) is 3.55. The lowest BCUT2D eigenvalue weighted by Crippen LogP contribution is -2.03. The molecule has 7 heteroatoms. The van der Waals surface area contributed by atoms with Crippen molar-refractivity contribution in [1.29, 1.82) is 0 Å². The van der Waals surface area contributed by atoms with Gasteiger partial charge in [0.05, 0.1) is 7.11 Å². The molecule has 0 amide bonds. The first-order chi connectivity index (χ1) is 9.02. The number of pyridine rings is 1. The van der Waals surface area contributed by atoms with Crippen LogP contribution in [0.1, 0.15) is 0 Å². The van der Waals surface area contributed by atoms with Crippen molar-refractivity contribution in [2.45, 2.75) is 0 Å². The summed E-state index contributed by atoms with van der Waals surface area (Å²) in [5.41, 5.74) is 0. The normalized spacial score (nSPS) is 10.4. The van der Waals surface area contributed by atoms with Crippen LogP contribution in [0.3, 0.4) is 0 Å². The van der Waals surface area contributed by atoms with Crippen LogP contribution >= 0.6 is 0 Å². The van der Waals surface area contributed by atoms with E-state index in [1.165, 1.54) is 31.4 Å². The number of ether oxygens (including phenoxy) is 2. The summed E-state index contributed by atoms with van der Waals surface area (Å²) in [6, 6.07) is 5.57. The molecule has 0 spiro atoms. The van der Waals surface area contributed by atoms with Gasteiger partial charge in [0.15, 0.2) is 0 Å². The molecule has 0 aliphatic rings. The molecule has 0 saturated heterocycles. The third-order valence-electron chi connectivity index (χ3n) is 2.24. The van der Waals surface area contributed by atoms with Gasteiger partial charge in [-0.05, 0) is 24.3 Å². The summed E-state index contributed by atoms with van der Waals surface area (Å²) in [6.07, 6.45) is 0. The predicted molar refractivity (Wildman–Crippen MR) is 57.1 cm³/mol. The van der Waals surface area contributed by atoms with E-state index in [0.717, 1.165) is 0 Å². The van der Waals surface area contributed by atoms with Gasteiger partial charge in [-0.1, -0.05) is 0 Å². The van der Waals surface area contributed by atoms with E-state index in [4.69, 9.17) is 9.47 Å². The maximum atomic E-state index is 13.3. The third-order valence-corrected chi connectivity index (χ3v) is 2.24. The van der Waals surface area contributed by atoms with Gasteiger partial charge >= 0.3 is 0 Å². The van der Waals surface area contributed by atoms with E-state index in [-0.39, 0.29) is 5.75 Å². The molecule has 0 atom stereocenters. The molecule has 2 aromatic rings. The number of nitrogens with zero attached hydrogens (tertiary/aromatic N) is 1.